The lowest BCUT2D eigenvalue weighted by atomic mass is 10.5. The summed E-state index contributed by atoms with van der Waals surface area (Å²) in [4.78, 5) is 10.2. The van der Waals surface area contributed by atoms with E-state index in [1.54, 1.807) is 0 Å². The monoisotopic (exact) mass is 129 g/mol. The minimum Gasteiger partial charge on any atom is -0.520 e. The molecule has 48 valence electrons. The zero-order valence-corrected chi connectivity index (χ0v) is 4.27. The normalized spacial score (nSPS) is 9.33. The van der Waals surface area contributed by atoms with Crippen LogP contribution in [0.25, 0.3) is 0 Å². The molecule has 1 aromatic heterocycles. The maximum Gasteiger partial charge on any atom is 0.397 e. The van der Waals surface area contributed by atoms with E-state index in [1.165, 1.54) is 0 Å². The van der Waals surface area contributed by atoms with Gasteiger partial charge in [0.15, 0.2) is 6.20 Å². The fourth-order valence-corrected chi connectivity index (χ4v) is 0.358. The lowest BCUT2D eigenvalue weighted by molar-refractivity contribution is -0.721. The zero-order chi connectivity index (χ0) is 6.85. The van der Waals surface area contributed by atoms with Crippen LogP contribution in [0.2, 0.25) is 0 Å². The van der Waals surface area contributed by atoms with Crippen LogP contribution in [0.5, 0.6) is 0 Å². The summed E-state index contributed by atoms with van der Waals surface area (Å²) in [6.45, 7) is 0. The van der Waals surface area contributed by atoms with Gasteiger partial charge in [-0.2, -0.15) is 0 Å². The van der Waals surface area contributed by atoms with Gasteiger partial charge in [0.25, 0.3) is 0 Å². The van der Waals surface area contributed by atoms with Gasteiger partial charge in [0.05, 0.1) is 0 Å². The predicted molar refractivity (Wildman–Crippen MR) is 22.8 cm³/mol. The molecule has 0 fully saturated rings. The molecule has 0 spiro atoms. The van der Waals surface area contributed by atoms with Crippen LogP contribution in [0.4, 0.5) is 0 Å². The Morgan fingerprint density at radius 1 is 1.89 bits per heavy atom. The first-order valence-corrected chi connectivity index (χ1v) is 2.04. The molecule has 1 aromatic rings. The van der Waals surface area contributed by atoms with E-state index in [4.69, 9.17) is 5.73 Å². The van der Waals surface area contributed by atoms with Crippen LogP contribution in [0.3, 0.4) is 0 Å². The quantitative estimate of drug-likeness (QED) is 0.349. The highest BCUT2D eigenvalue weighted by Crippen LogP contribution is 1.94. The molecule has 0 aliphatic carbocycles. The van der Waals surface area contributed by atoms with Crippen LogP contribution in [0.15, 0.2) is 10.5 Å². The second-order valence-corrected chi connectivity index (χ2v) is 1.30. The smallest absolute Gasteiger partial charge is 0.397 e. The minimum atomic E-state index is -0.861. The third-order valence-electron chi connectivity index (χ3n) is 0.727. The Morgan fingerprint density at radius 3 is 2.78 bits per heavy atom. The summed E-state index contributed by atoms with van der Waals surface area (Å²) in [5.74, 6) is -1.19. The van der Waals surface area contributed by atoms with Gasteiger partial charge in [-0.3, -0.25) is 4.79 Å². The van der Waals surface area contributed by atoms with Crippen LogP contribution in [-0.2, 0) is 0 Å². The Balaban J connectivity index is 3.08. The topological polar surface area (TPSA) is 94.6 Å². The summed E-state index contributed by atoms with van der Waals surface area (Å²) in [5.41, 5.74) is 4.70. The van der Waals surface area contributed by atoms with Gasteiger partial charge in [0, 0.05) is 0 Å². The van der Waals surface area contributed by atoms with E-state index >= 15 is 0 Å². The van der Waals surface area contributed by atoms with Crippen LogP contribution >= 0.6 is 0 Å². The standard InChI is InChI=1S/C3H3N3O3/c4-3(7)2-1-5-6-9(2)8/h1H,(H2,4,7). The Morgan fingerprint density at radius 2 is 2.56 bits per heavy atom. The number of carbonyl (C=O) groups excluding carboxylic acids is 1. The van der Waals surface area contributed by atoms with Crippen molar-refractivity contribution in [3.05, 3.63) is 12.0 Å². The van der Waals surface area contributed by atoms with E-state index in [2.05, 4.69) is 10.4 Å². The summed E-state index contributed by atoms with van der Waals surface area (Å²) >= 11 is 0. The molecule has 6 heteroatoms. The molecule has 0 bridgehead atoms. The molecule has 0 saturated heterocycles. The first kappa shape index (κ1) is 5.54. The fraction of sp³-hybridized carbons (Fsp3) is 0. The second kappa shape index (κ2) is 1.73. The van der Waals surface area contributed by atoms with Gasteiger partial charge in [-0.1, -0.05) is 5.10 Å². The highest BCUT2D eigenvalue weighted by atomic mass is 17.2. The largest absolute Gasteiger partial charge is 0.520 e. The van der Waals surface area contributed by atoms with Gasteiger partial charge in [0.1, 0.15) is 0 Å². The zero-order valence-electron chi connectivity index (χ0n) is 4.27. The molecule has 0 aliphatic heterocycles. The van der Waals surface area contributed by atoms with E-state index in [0.717, 1.165) is 10.5 Å². The molecular weight excluding hydrogens is 126 g/mol. The molecule has 0 aliphatic rings. The van der Waals surface area contributed by atoms with Crippen molar-refractivity contribution in [1.29, 1.82) is 0 Å². The average molecular weight is 129 g/mol. The first-order chi connectivity index (χ1) is 4.22. The molecule has 9 heavy (non-hydrogen) atoms. The predicted octanol–water partition coefficient (Wildman–Crippen LogP) is -2.02. The summed E-state index contributed by atoms with van der Waals surface area (Å²) in [5, 5.41) is 16.2. The minimum absolute atomic E-state index is 0.324. The summed E-state index contributed by atoms with van der Waals surface area (Å²) in [6.07, 6.45) is 0.972. The van der Waals surface area contributed by atoms with Crippen molar-refractivity contribution >= 4 is 5.91 Å². The number of rotatable bonds is 1. The van der Waals surface area contributed by atoms with Gasteiger partial charge in [-0.25, -0.2) is 0 Å². The van der Waals surface area contributed by atoms with Crippen molar-refractivity contribution < 1.29 is 14.4 Å². The molecule has 1 heterocycles. The van der Waals surface area contributed by atoms with Crippen molar-refractivity contribution in [3.63, 3.8) is 0 Å². The molecular formula is C3H3N3O3. The van der Waals surface area contributed by atoms with Crippen LogP contribution < -0.4 is 11.0 Å². The number of hydrogen-bond acceptors (Lipinski definition) is 4. The molecule has 0 aromatic carbocycles. The molecule has 0 unspecified atom stereocenters. The highest BCUT2D eigenvalue weighted by Gasteiger charge is 2.14. The van der Waals surface area contributed by atoms with E-state index in [-0.39, 0.29) is 5.76 Å². The number of nitrogens with two attached hydrogens (primary N) is 1. The van der Waals surface area contributed by atoms with Crippen molar-refractivity contribution in [1.82, 2.24) is 10.4 Å². The molecule has 2 N–H and O–H groups in total. The van der Waals surface area contributed by atoms with E-state index < -0.39 is 5.91 Å². The highest BCUT2D eigenvalue weighted by molar-refractivity contribution is 5.89. The maximum atomic E-state index is 10.2. The molecule has 0 radical (unpaired) electrons. The number of amides is 1. The Labute approximate surface area is 49.5 Å². The molecule has 1 rings (SSSR count). The lowest BCUT2D eigenvalue weighted by Gasteiger charge is -1.91. The second-order valence-electron chi connectivity index (χ2n) is 1.30. The first-order valence-electron chi connectivity index (χ1n) is 2.04. The third kappa shape index (κ3) is 0.809. The van der Waals surface area contributed by atoms with Gasteiger partial charge >= 0.3 is 11.7 Å². The number of carbonyl (C=O) groups is 1. The molecule has 0 atom stereocenters. The Bertz CT molecular complexity index is 230. The molecule has 6 nitrogen and oxygen atoms in total. The van der Waals surface area contributed by atoms with E-state index in [0.29, 0.717) is 0 Å². The summed E-state index contributed by atoms with van der Waals surface area (Å²) < 4.78 is 0.808. The van der Waals surface area contributed by atoms with Crippen LogP contribution in [0.1, 0.15) is 10.6 Å². The SMILES string of the molecule is NC(=O)c1cnn[o+]1[O-]. The van der Waals surface area contributed by atoms with Crippen molar-refractivity contribution in [2.45, 2.75) is 0 Å². The molecule has 0 saturated carbocycles. The van der Waals surface area contributed by atoms with Crippen molar-refractivity contribution in [2.75, 3.05) is 0 Å². The third-order valence-corrected chi connectivity index (χ3v) is 0.727. The fourth-order valence-electron chi connectivity index (χ4n) is 0.358. The van der Waals surface area contributed by atoms with Gasteiger partial charge < -0.3 is 15.3 Å². The van der Waals surface area contributed by atoms with Crippen LogP contribution in [-0.4, -0.2) is 16.3 Å². The Kier molecular flexibility index (Phi) is 1.07. The number of nitrogens with zero attached hydrogens (tertiary/aromatic N) is 2. The Hall–Kier alpha value is -1.59. The van der Waals surface area contributed by atoms with Crippen molar-refractivity contribution in [2.24, 2.45) is 5.73 Å². The lowest BCUT2D eigenvalue weighted by Crippen LogP contribution is -2.16. The van der Waals surface area contributed by atoms with E-state index in [9.17, 15) is 10.1 Å². The number of primary amides is 1. The molecule has 1 amide bonds. The van der Waals surface area contributed by atoms with E-state index in [1.807, 2.05) is 0 Å². The van der Waals surface area contributed by atoms with Gasteiger partial charge in [-0.15, -0.1) is 0 Å². The number of aromatic nitrogens is 2. The average Bonchev–Trinajstić information content (AvgIpc) is 2.13. The maximum absolute atomic E-state index is 10.2. The van der Waals surface area contributed by atoms with Crippen molar-refractivity contribution in [3.8, 4) is 0 Å². The van der Waals surface area contributed by atoms with Gasteiger partial charge in [-0.05, 0) is 0 Å². The van der Waals surface area contributed by atoms with Gasteiger partial charge in [0.2, 0.25) is 5.27 Å². The summed E-state index contributed by atoms with van der Waals surface area (Å²) in [6, 6.07) is 0. The summed E-state index contributed by atoms with van der Waals surface area (Å²) in [7, 11) is 0. The number of hydrogen-bond donors (Lipinski definition) is 1. The van der Waals surface area contributed by atoms with Crippen LogP contribution in [0, 0.1) is 0 Å².